The van der Waals surface area contributed by atoms with Gasteiger partial charge in [0, 0.05) is 0 Å². The van der Waals surface area contributed by atoms with Crippen LogP contribution in [0.1, 0.15) is 0 Å². The molecule has 0 saturated heterocycles. The van der Waals surface area contributed by atoms with Gasteiger partial charge >= 0.3 is 29.6 Å². The van der Waals surface area contributed by atoms with Crippen molar-refractivity contribution in [2.24, 2.45) is 0 Å². The van der Waals surface area contributed by atoms with E-state index in [1.165, 1.54) is 0 Å². The summed E-state index contributed by atoms with van der Waals surface area (Å²) in [7, 11) is -5.06. The predicted octanol–water partition coefficient (Wildman–Crippen LogP) is -5.62. The van der Waals surface area contributed by atoms with Gasteiger partial charge in [0.1, 0.15) is 0 Å². The van der Waals surface area contributed by atoms with E-state index in [-0.39, 0.29) is 29.6 Å². The molecule has 0 aliphatic rings. The molecule has 0 aliphatic heterocycles. The van der Waals surface area contributed by atoms with E-state index in [4.69, 9.17) is 0 Å². The van der Waals surface area contributed by atoms with Gasteiger partial charge in [0.15, 0.2) is 0 Å². The fourth-order valence-electron chi connectivity index (χ4n) is 0.129. The Labute approximate surface area is 87.4 Å². The normalized spacial score (nSPS) is 13.5. The van der Waals surface area contributed by atoms with Crippen molar-refractivity contribution in [3.05, 3.63) is 0 Å². The number of halogens is 1. The largest absolute Gasteiger partial charge is 1.00 e. The summed E-state index contributed by atoms with van der Waals surface area (Å²) in [6, 6.07) is 0. The fourth-order valence-corrected chi connectivity index (χ4v) is 0.387. The van der Waals surface area contributed by atoms with Gasteiger partial charge in [-0.1, -0.05) is 15.9 Å². The second-order valence-electron chi connectivity index (χ2n) is 1.19. The average Bonchev–Trinajstić information content (AvgIpc) is 1.62. The third-order valence-electron chi connectivity index (χ3n) is 0.472. The van der Waals surface area contributed by atoms with Crippen molar-refractivity contribution in [3.8, 4) is 0 Å². The molecule has 0 N–H and O–H groups in total. The number of aliphatic carboxylic acids is 1. The van der Waals surface area contributed by atoms with Crippen LogP contribution in [0.3, 0.4) is 0 Å². The number of alkyl halides is 1. The van der Waals surface area contributed by atoms with E-state index in [0.29, 0.717) is 0 Å². The van der Waals surface area contributed by atoms with Crippen LogP contribution in [0.25, 0.3) is 0 Å². The van der Waals surface area contributed by atoms with E-state index in [9.17, 15) is 24.3 Å². The molecule has 0 radical (unpaired) electrons. The number of hydrogen-bond donors (Lipinski definition) is 0. The molecule has 0 rings (SSSR count). The van der Waals surface area contributed by atoms with Crippen molar-refractivity contribution >= 4 is 29.5 Å². The molecule has 1 unspecified atom stereocenters. The van der Waals surface area contributed by atoms with Crippen molar-refractivity contribution in [1.29, 1.82) is 0 Å². The maximum absolute atomic E-state index is 9.78. The standard InChI is InChI=1S/C2H4BrO5P.Na/c3-1(2(4)5)9(6,7)8;/h1H,(H,4,5)(H2,6,7,8);/q;+1/p-3. The van der Waals surface area contributed by atoms with Gasteiger partial charge in [-0.25, -0.2) is 0 Å². The summed E-state index contributed by atoms with van der Waals surface area (Å²) in [6.07, 6.45) is 0. The van der Waals surface area contributed by atoms with Crippen molar-refractivity contribution < 1.29 is 53.8 Å². The van der Waals surface area contributed by atoms with E-state index < -0.39 is 18.1 Å². The summed E-state index contributed by atoms with van der Waals surface area (Å²) in [5, 5.41) is 9.62. The van der Waals surface area contributed by atoms with Crippen LogP contribution in [-0.4, -0.2) is 10.5 Å². The zero-order chi connectivity index (χ0) is 7.65. The molecule has 0 amide bonds. The van der Waals surface area contributed by atoms with Crippen molar-refractivity contribution in [1.82, 2.24) is 0 Å². The van der Waals surface area contributed by atoms with Crippen molar-refractivity contribution in [2.45, 2.75) is 4.57 Å². The van der Waals surface area contributed by atoms with Crippen LogP contribution >= 0.6 is 23.5 Å². The first-order chi connectivity index (χ1) is 3.85. The molecule has 0 spiro atoms. The molecule has 0 aromatic carbocycles. The minimum absolute atomic E-state index is 0. The minimum Gasteiger partial charge on any atom is -0.810 e. The Kier molecular flexibility index (Phi) is 6.66. The second kappa shape index (κ2) is 4.87. The maximum Gasteiger partial charge on any atom is 1.00 e. The van der Waals surface area contributed by atoms with Crippen LogP contribution in [-0.2, 0) is 9.36 Å². The number of carbonyl (C=O) groups excluding carboxylic acids is 1. The van der Waals surface area contributed by atoms with E-state index >= 15 is 0 Å². The second-order valence-corrected chi connectivity index (χ2v) is 4.41. The van der Waals surface area contributed by atoms with Crippen LogP contribution in [0.5, 0.6) is 0 Å². The molecule has 8 heteroatoms. The molecule has 0 aromatic heterocycles. The number of carboxylic acid groups (broad SMARTS) is 1. The quantitative estimate of drug-likeness (QED) is 0.271. The topological polar surface area (TPSA) is 103 Å². The van der Waals surface area contributed by atoms with E-state index in [1.807, 2.05) is 0 Å². The molecular formula is C2HBrNaO5P-2. The molecule has 5 nitrogen and oxygen atoms in total. The van der Waals surface area contributed by atoms with E-state index in [1.54, 1.807) is 0 Å². The van der Waals surface area contributed by atoms with Crippen molar-refractivity contribution in [2.75, 3.05) is 0 Å². The van der Waals surface area contributed by atoms with Crippen LogP contribution in [0, 0.1) is 0 Å². The van der Waals surface area contributed by atoms with Gasteiger partial charge in [-0.05, 0) is 7.60 Å². The number of hydrogen-bond acceptors (Lipinski definition) is 5. The molecule has 54 valence electrons. The molecule has 0 bridgehead atoms. The Morgan fingerprint density at radius 2 is 1.80 bits per heavy atom. The number of rotatable bonds is 2. The fraction of sp³-hybridized carbons (Fsp3) is 0.500. The van der Waals surface area contributed by atoms with E-state index in [0.717, 1.165) is 0 Å². The summed E-state index contributed by atoms with van der Waals surface area (Å²) in [5.41, 5.74) is 0. The van der Waals surface area contributed by atoms with Gasteiger partial charge in [0.2, 0.25) is 0 Å². The zero-order valence-electron chi connectivity index (χ0n) is 4.94. The average molecular weight is 239 g/mol. The van der Waals surface area contributed by atoms with Gasteiger partial charge < -0.3 is 24.3 Å². The summed E-state index contributed by atoms with van der Waals surface area (Å²) < 4.78 is 7.66. The van der Waals surface area contributed by atoms with Gasteiger partial charge in [0.05, 0.1) is 10.5 Å². The first-order valence-electron chi connectivity index (χ1n) is 1.72. The van der Waals surface area contributed by atoms with Crippen LogP contribution in [0.2, 0.25) is 0 Å². The molecular weight excluding hydrogens is 238 g/mol. The summed E-state index contributed by atoms with van der Waals surface area (Å²) in [5.74, 6) is -1.94. The molecule has 0 heterocycles. The van der Waals surface area contributed by atoms with Gasteiger partial charge in [-0.15, -0.1) is 0 Å². The van der Waals surface area contributed by atoms with Gasteiger partial charge in [0.25, 0.3) is 0 Å². The Hall–Kier alpha value is 1.10. The SMILES string of the molecule is O=C([O-])C(Br)P(=O)([O-])[O-].[Na+]. The van der Waals surface area contributed by atoms with Crippen molar-refractivity contribution in [3.63, 3.8) is 0 Å². The first kappa shape index (κ1) is 13.7. The maximum atomic E-state index is 9.78. The number of carboxylic acids is 1. The summed E-state index contributed by atoms with van der Waals surface area (Å²) in [6.45, 7) is 0. The monoisotopic (exact) mass is 238 g/mol. The smallest absolute Gasteiger partial charge is 0.810 e. The Bertz CT molecular complexity index is 165. The molecule has 1 atom stereocenters. The molecule has 0 aromatic rings. The van der Waals surface area contributed by atoms with Crippen LogP contribution in [0.15, 0.2) is 0 Å². The minimum atomic E-state index is -5.06. The van der Waals surface area contributed by atoms with Gasteiger partial charge in [-0.3, -0.25) is 0 Å². The molecule has 0 fully saturated rings. The predicted molar refractivity (Wildman–Crippen MR) is 25.3 cm³/mol. The Balaban J connectivity index is 0. The zero-order valence-corrected chi connectivity index (χ0v) is 9.42. The summed E-state index contributed by atoms with van der Waals surface area (Å²) >= 11 is 2.11. The third-order valence-corrected chi connectivity index (χ3v) is 3.12. The molecule has 0 aliphatic carbocycles. The first-order valence-corrected chi connectivity index (χ1v) is 4.25. The molecule has 10 heavy (non-hydrogen) atoms. The van der Waals surface area contributed by atoms with E-state index in [2.05, 4.69) is 15.9 Å². The Morgan fingerprint density at radius 1 is 1.50 bits per heavy atom. The summed E-state index contributed by atoms with van der Waals surface area (Å²) in [4.78, 5) is 29.2. The third kappa shape index (κ3) is 4.85. The Morgan fingerprint density at radius 3 is 1.80 bits per heavy atom. The molecule has 0 saturated carbocycles. The van der Waals surface area contributed by atoms with Gasteiger partial charge in [-0.2, -0.15) is 0 Å². The van der Waals surface area contributed by atoms with Crippen LogP contribution in [0.4, 0.5) is 0 Å². The number of carbonyl (C=O) groups is 1. The van der Waals surface area contributed by atoms with Crippen LogP contribution < -0.4 is 44.5 Å².